The molecule has 0 unspecified atom stereocenters. The summed E-state index contributed by atoms with van der Waals surface area (Å²) in [5.74, 6) is 2.27. The minimum Gasteiger partial charge on any atom is -0.495 e. The molecule has 216 valence electrons. The molecule has 1 saturated heterocycles. The number of aryl methyl sites for hydroxylation is 3. The number of hydrogen-bond donors (Lipinski definition) is 4. The SMILES string of the molecule is COc1cccc(N2CCC(CC(=O)Nc3ccc4cc3CCc3cncc(c3)Nc3ncc(C)c(n3)N4)CC2)c1N. The second-order valence-electron chi connectivity index (χ2n) is 11.0. The van der Waals surface area contributed by atoms with E-state index >= 15 is 0 Å². The molecule has 0 radical (unpaired) electrons. The van der Waals surface area contributed by atoms with Crippen molar-refractivity contribution in [1.29, 1.82) is 0 Å². The zero-order valence-corrected chi connectivity index (χ0v) is 24.0. The van der Waals surface area contributed by atoms with Gasteiger partial charge in [0.15, 0.2) is 0 Å². The Morgan fingerprint density at radius 2 is 1.93 bits per heavy atom. The van der Waals surface area contributed by atoms with Gasteiger partial charge < -0.3 is 31.3 Å². The van der Waals surface area contributed by atoms with Gasteiger partial charge in [0.05, 0.1) is 30.4 Å². The maximum Gasteiger partial charge on any atom is 0.229 e. The van der Waals surface area contributed by atoms with Crippen LogP contribution >= 0.6 is 0 Å². The first-order chi connectivity index (χ1) is 20.4. The van der Waals surface area contributed by atoms with Gasteiger partial charge in [-0.25, -0.2) is 4.98 Å². The number of nitrogens with zero attached hydrogens (tertiary/aromatic N) is 4. The summed E-state index contributed by atoms with van der Waals surface area (Å²) in [7, 11) is 1.63. The van der Waals surface area contributed by atoms with Crippen LogP contribution in [0.3, 0.4) is 0 Å². The highest BCUT2D eigenvalue weighted by Gasteiger charge is 2.24. The number of methoxy groups -OCH3 is 1. The van der Waals surface area contributed by atoms with Crippen molar-refractivity contribution >= 4 is 46.1 Å². The summed E-state index contributed by atoms with van der Waals surface area (Å²) in [6.07, 6.45) is 9.30. The minimum absolute atomic E-state index is 0.0402. The zero-order valence-electron chi connectivity index (χ0n) is 24.0. The Kier molecular flexibility index (Phi) is 7.76. The van der Waals surface area contributed by atoms with Crippen molar-refractivity contribution in [2.24, 2.45) is 5.92 Å². The molecule has 0 spiro atoms. The third-order valence-corrected chi connectivity index (χ3v) is 8.04. The van der Waals surface area contributed by atoms with Crippen LogP contribution in [0.4, 0.5) is 40.2 Å². The molecule has 2 aliphatic heterocycles. The van der Waals surface area contributed by atoms with Crippen LogP contribution < -0.4 is 31.3 Å². The first-order valence-electron chi connectivity index (χ1n) is 14.4. The molecule has 2 aliphatic rings. The third kappa shape index (κ3) is 6.07. The van der Waals surface area contributed by atoms with E-state index in [1.54, 1.807) is 19.5 Å². The summed E-state index contributed by atoms with van der Waals surface area (Å²) < 4.78 is 5.39. The molecule has 10 heteroatoms. The standard InChI is InChI=1S/C32H36N8O2/c1-20-17-35-32-37-25-14-22(18-34-19-25)6-7-23-16-24(36-31(20)39-32)8-9-26(23)38-29(41)15-21-10-12-40(13-11-21)27-4-3-5-28(42-2)30(27)33/h3-5,8-9,14,16-19,21H,6-7,10-13,15,33H2,1-2H3,(H,38,41)(H2,35,36,37,39). The van der Waals surface area contributed by atoms with Gasteiger partial charge in [-0.05, 0) is 86.1 Å². The van der Waals surface area contributed by atoms with E-state index in [4.69, 9.17) is 10.5 Å². The fourth-order valence-corrected chi connectivity index (χ4v) is 5.69. The van der Waals surface area contributed by atoms with Crippen LogP contribution in [-0.2, 0) is 17.6 Å². The van der Waals surface area contributed by atoms with E-state index in [1.165, 1.54) is 0 Å². The third-order valence-electron chi connectivity index (χ3n) is 8.04. The van der Waals surface area contributed by atoms with Gasteiger partial charge in [-0.15, -0.1) is 0 Å². The van der Waals surface area contributed by atoms with Gasteiger partial charge in [-0.1, -0.05) is 6.07 Å². The van der Waals surface area contributed by atoms with Crippen LogP contribution in [0.2, 0.25) is 0 Å². The van der Waals surface area contributed by atoms with Gasteiger partial charge in [0.1, 0.15) is 11.6 Å². The lowest BCUT2D eigenvalue weighted by Crippen LogP contribution is -2.35. The number of para-hydroxylation sites is 1. The van der Waals surface area contributed by atoms with Crippen LogP contribution in [0.15, 0.2) is 61.1 Å². The number of fused-ring (bicyclic) bond motifs is 6. The van der Waals surface area contributed by atoms with Crippen LogP contribution in [0.1, 0.15) is 36.0 Å². The summed E-state index contributed by atoms with van der Waals surface area (Å²) in [5.41, 5.74) is 13.6. The molecule has 5 N–H and O–H groups in total. The molecule has 0 saturated carbocycles. The Hall–Kier alpha value is -4.86. The molecular formula is C32H36N8O2. The summed E-state index contributed by atoms with van der Waals surface area (Å²) in [4.78, 5) is 29.0. The van der Waals surface area contributed by atoms with Gasteiger partial charge in [-0.2, -0.15) is 4.98 Å². The second kappa shape index (κ2) is 11.9. The lowest BCUT2D eigenvalue weighted by Gasteiger charge is -2.34. The highest BCUT2D eigenvalue weighted by atomic mass is 16.5. The van der Waals surface area contributed by atoms with Crippen molar-refractivity contribution in [3.8, 4) is 5.75 Å². The molecule has 4 aromatic rings. The van der Waals surface area contributed by atoms with E-state index in [1.807, 2.05) is 43.5 Å². The number of benzene rings is 2. The van der Waals surface area contributed by atoms with Crippen molar-refractivity contribution in [2.45, 2.75) is 39.0 Å². The molecule has 0 aliphatic carbocycles. The van der Waals surface area contributed by atoms with E-state index < -0.39 is 0 Å². The van der Waals surface area contributed by atoms with E-state index in [-0.39, 0.29) is 5.91 Å². The number of carbonyl (C=O) groups is 1. The van der Waals surface area contributed by atoms with Crippen molar-refractivity contribution in [3.05, 3.63) is 77.7 Å². The van der Waals surface area contributed by atoms with Crippen LogP contribution in [0.5, 0.6) is 5.75 Å². The largest absolute Gasteiger partial charge is 0.495 e. The molecule has 10 nitrogen and oxygen atoms in total. The number of nitrogen functional groups attached to an aromatic ring is 1. The number of nitrogens with one attached hydrogen (secondary N) is 3. The number of carbonyl (C=O) groups excluding carboxylic acids is 1. The number of aromatic nitrogens is 3. The molecule has 42 heavy (non-hydrogen) atoms. The lowest BCUT2D eigenvalue weighted by molar-refractivity contribution is -0.117. The minimum atomic E-state index is 0.0402. The van der Waals surface area contributed by atoms with E-state index in [0.29, 0.717) is 29.7 Å². The normalized spacial score (nSPS) is 14.9. The number of nitrogens with two attached hydrogens (primary N) is 1. The summed E-state index contributed by atoms with van der Waals surface area (Å²) in [6.45, 7) is 3.68. The number of amides is 1. The topological polar surface area (TPSA) is 130 Å². The molecule has 2 aromatic heterocycles. The summed E-state index contributed by atoms with van der Waals surface area (Å²) in [5, 5.41) is 9.90. The number of pyridine rings is 1. The quantitative estimate of drug-likeness (QED) is 0.229. The van der Waals surface area contributed by atoms with Gasteiger partial charge in [-0.3, -0.25) is 9.78 Å². The van der Waals surface area contributed by atoms with Gasteiger partial charge in [0.25, 0.3) is 0 Å². The number of hydrogen-bond acceptors (Lipinski definition) is 9. The maximum absolute atomic E-state index is 13.3. The summed E-state index contributed by atoms with van der Waals surface area (Å²) in [6, 6.07) is 14.0. The van der Waals surface area contributed by atoms with Crippen molar-refractivity contribution in [2.75, 3.05) is 46.8 Å². The molecule has 2 aromatic carbocycles. The van der Waals surface area contributed by atoms with E-state index in [9.17, 15) is 4.79 Å². The predicted molar refractivity (Wildman–Crippen MR) is 167 cm³/mol. The van der Waals surface area contributed by atoms with Crippen molar-refractivity contribution < 1.29 is 9.53 Å². The Morgan fingerprint density at radius 3 is 2.76 bits per heavy atom. The van der Waals surface area contributed by atoms with Crippen LogP contribution in [0, 0.1) is 12.8 Å². The molecule has 0 atom stereocenters. The highest BCUT2D eigenvalue weighted by Crippen LogP contribution is 2.35. The molecule has 4 heterocycles. The van der Waals surface area contributed by atoms with Gasteiger partial charge in [0.2, 0.25) is 11.9 Å². The Balaban J connectivity index is 1.15. The summed E-state index contributed by atoms with van der Waals surface area (Å²) >= 11 is 0. The molecule has 6 bridgehead atoms. The first kappa shape index (κ1) is 27.3. The van der Waals surface area contributed by atoms with Crippen LogP contribution in [-0.4, -0.2) is 41.1 Å². The van der Waals surface area contributed by atoms with Gasteiger partial charge in [0, 0.05) is 48.8 Å². The van der Waals surface area contributed by atoms with Crippen molar-refractivity contribution in [3.63, 3.8) is 0 Å². The smallest absolute Gasteiger partial charge is 0.229 e. The maximum atomic E-state index is 13.3. The van der Waals surface area contributed by atoms with Gasteiger partial charge >= 0.3 is 0 Å². The van der Waals surface area contributed by atoms with E-state index in [0.717, 1.165) is 84.0 Å². The first-order valence-corrected chi connectivity index (χ1v) is 14.4. The Bertz CT molecular complexity index is 1600. The number of rotatable bonds is 5. The molecular weight excluding hydrogens is 528 g/mol. The fourth-order valence-electron chi connectivity index (χ4n) is 5.69. The van der Waals surface area contributed by atoms with Crippen LogP contribution in [0.25, 0.3) is 0 Å². The molecule has 1 fully saturated rings. The second-order valence-corrected chi connectivity index (χ2v) is 11.0. The number of anilines is 7. The molecule has 1 amide bonds. The zero-order chi connectivity index (χ0) is 29.1. The van der Waals surface area contributed by atoms with E-state index in [2.05, 4.69) is 47.9 Å². The average Bonchev–Trinajstić information content (AvgIpc) is 3.00. The Morgan fingerprint density at radius 1 is 1.07 bits per heavy atom. The molecule has 6 rings (SSSR count). The monoisotopic (exact) mass is 564 g/mol. The average molecular weight is 565 g/mol. The predicted octanol–water partition coefficient (Wildman–Crippen LogP) is 5.60. The number of ether oxygens (including phenoxy) is 1. The lowest BCUT2D eigenvalue weighted by atomic mass is 9.92. The number of piperidine rings is 1. The highest BCUT2D eigenvalue weighted by molar-refractivity contribution is 5.92. The van der Waals surface area contributed by atoms with Crippen molar-refractivity contribution in [1.82, 2.24) is 15.0 Å². The Labute approximate surface area is 245 Å². The fraction of sp³-hybridized carbons (Fsp3) is 0.312.